The zero-order valence-electron chi connectivity index (χ0n) is 23.1. The van der Waals surface area contributed by atoms with E-state index in [4.69, 9.17) is 11.5 Å². The number of aromatic nitrogens is 2. The fraction of sp³-hybridized carbons (Fsp3) is 0.571. The summed E-state index contributed by atoms with van der Waals surface area (Å²) in [6.45, 7) is 10.3. The van der Waals surface area contributed by atoms with E-state index in [0.29, 0.717) is 49.2 Å². The average Bonchev–Trinajstić information content (AvgIpc) is 3.32. The van der Waals surface area contributed by atoms with Gasteiger partial charge in [-0.05, 0) is 61.8 Å². The molecule has 1 aromatic heterocycles. The molecule has 2 aromatic rings. The monoisotopic (exact) mass is 536 g/mol. The van der Waals surface area contributed by atoms with Gasteiger partial charge in [0, 0.05) is 58.1 Å². The standard InChI is InChI=1S/C28H40N8O3/c1-27(2,30)24(37)34-10-12-35(13-11-34)25(38)31-23-8-9-36(26(39)32-23)22-6-4-19(5-7-22)16-33-17-20-14-21(29)15-28(20,3)18-33/h4-9,20-21H,10-18,29-30H2,1-3H3,(H,31,32,38,39). The van der Waals surface area contributed by atoms with Crippen LogP contribution in [0.1, 0.15) is 39.2 Å². The number of hydrogen-bond donors (Lipinski definition) is 3. The molecule has 0 radical (unpaired) electrons. The van der Waals surface area contributed by atoms with E-state index >= 15 is 0 Å². The Hall–Kier alpha value is -3.28. The maximum atomic E-state index is 12.8. The SMILES string of the molecule is CC(C)(N)C(=O)N1CCN(C(=O)Nc2ccn(-c3ccc(CN4CC5CC(N)CC5(C)C4)cc3)c(=O)n2)CC1. The molecule has 0 spiro atoms. The van der Waals surface area contributed by atoms with Crippen LogP contribution in [0.25, 0.3) is 5.69 Å². The lowest BCUT2D eigenvalue weighted by molar-refractivity contribution is -0.137. The van der Waals surface area contributed by atoms with Crippen LogP contribution in [0.15, 0.2) is 41.3 Å². The summed E-state index contributed by atoms with van der Waals surface area (Å²) in [7, 11) is 0. The van der Waals surface area contributed by atoms with Crippen molar-refractivity contribution in [3.63, 3.8) is 0 Å². The van der Waals surface area contributed by atoms with Crippen molar-refractivity contribution in [2.45, 2.75) is 51.7 Å². The maximum Gasteiger partial charge on any atom is 0.354 e. The Balaban J connectivity index is 1.15. The predicted octanol–water partition coefficient (Wildman–Crippen LogP) is 1.21. The first-order valence-corrected chi connectivity index (χ1v) is 13.7. The van der Waals surface area contributed by atoms with Crippen LogP contribution >= 0.6 is 0 Å². The molecule has 1 saturated carbocycles. The fourth-order valence-electron chi connectivity index (χ4n) is 6.39. The van der Waals surface area contributed by atoms with Crippen LogP contribution in [0.3, 0.4) is 0 Å². The molecule has 210 valence electrons. The maximum absolute atomic E-state index is 12.8. The molecule has 2 aliphatic heterocycles. The molecule has 11 heteroatoms. The Morgan fingerprint density at radius 3 is 2.38 bits per heavy atom. The molecule has 0 bridgehead atoms. The van der Waals surface area contributed by atoms with E-state index in [9.17, 15) is 14.4 Å². The van der Waals surface area contributed by atoms with Crippen molar-refractivity contribution in [3.8, 4) is 5.69 Å². The lowest BCUT2D eigenvalue weighted by atomic mass is 9.83. The molecule has 5 N–H and O–H groups in total. The van der Waals surface area contributed by atoms with E-state index in [1.807, 2.05) is 12.1 Å². The smallest absolute Gasteiger partial charge is 0.338 e. The summed E-state index contributed by atoms with van der Waals surface area (Å²) in [5, 5.41) is 2.70. The van der Waals surface area contributed by atoms with Crippen molar-refractivity contribution >= 4 is 17.8 Å². The van der Waals surface area contributed by atoms with Gasteiger partial charge in [0.2, 0.25) is 5.91 Å². The molecule has 3 aliphatic rings. The quantitative estimate of drug-likeness (QED) is 0.521. The Labute approximate surface area is 229 Å². The fourth-order valence-corrected chi connectivity index (χ4v) is 6.39. The normalized spacial score (nSPS) is 25.6. The number of likely N-dealkylation sites (tertiary alicyclic amines) is 1. The number of urea groups is 1. The van der Waals surface area contributed by atoms with Gasteiger partial charge in [-0.25, -0.2) is 9.59 Å². The first-order valence-electron chi connectivity index (χ1n) is 13.7. The molecule has 39 heavy (non-hydrogen) atoms. The van der Waals surface area contributed by atoms with Gasteiger partial charge in [0.05, 0.1) is 11.2 Å². The van der Waals surface area contributed by atoms with Gasteiger partial charge in [0.15, 0.2) is 0 Å². The Bertz CT molecular complexity index is 1280. The number of carbonyl (C=O) groups excluding carboxylic acids is 2. The van der Waals surface area contributed by atoms with Crippen molar-refractivity contribution in [1.29, 1.82) is 0 Å². The number of rotatable bonds is 5. The molecule has 5 rings (SSSR count). The van der Waals surface area contributed by atoms with Crippen LogP contribution in [0.2, 0.25) is 0 Å². The number of nitrogens with one attached hydrogen (secondary N) is 1. The zero-order valence-corrected chi connectivity index (χ0v) is 23.1. The van der Waals surface area contributed by atoms with Crippen molar-refractivity contribution in [2.75, 3.05) is 44.6 Å². The van der Waals surface area contributed by atoms with Crippen LogP contribution in [-0.4, -0.2) is 87.0 Å². The summed E-state index contributed by atoms with van der Waals surface area (Å²) in [6.07, 6.45) is 3.83. The molecule has 3 amide bonds. The predicted molar refractivity (Wildman–Crippen MR) is 149 cm³/mol. The third-order valence-electron chi connectivity index (χ3n) is 8.43. The minimum absolute atomic E-state index is 0.140. The zero-order chi connectivity index (χ0) is 27.9. The Morgan fingerprint density at radius 2 is 1.77 bits per heavy atom. The first kappa shape index (κ1) is 27.3. The van der Waals surface area contributed by atoms with Gasteiger partial charge >= 0.3 is 11.7 Å². The lowest BCUT2D eigenvalue weighted by Gasteiger charge is -2.37. The van der Waals surface area contributed by atoms with Crippen LogP contribution < -0.4 is 22.5 Å². The topological polar surface area (TPSA) is 143 Å². The summed E-state index contributed by atoms with van der Waals surface area (Å²) in [5.74, 6) is 0.721. The van der Waals surface area contributed by atoms with Gasteiger partial charge in [-0.2, -0.15) is 4.98 Å². The van der Waals surface area contributed by atoms with E-state index in [0.717, 1.165) is 32.5 Å². The summed E-state index contributed by atoms with van der Waals surface area (Å²) >= 11 is 0. The number of amides is 3. The summed E-state index contributed by atoms with van der Waals surface area (Å²) in [5.41, 5.74) is 12.9. The van der Waals surface area contributed by atoms with Gasteiger partial charge in [0.25, 0.3) is 0 Å². The molecule has 3 heterocycles. The van der Waals surface area contributed by atoms with Gasteiger partial charge in [-0.3, -0.25) is 19.6 Å². The largest absolute Gasteiger partial charge is 0.354 e. The van der Waals surface area contributed by atoms with Gasteiger partial charge in [-0.1, -0.05) is 19.1 Å². The molecule has 2 saturated heterocycles. The number of nitrogens with two attached hydrogens (primary N) is 2. The van der Waals surface area contributed by atoms with Crippen LogP contribution in [-0.2, 0) is 11.3 Å². The van der Waals surface area contributed by atoms with E-state index < -0.39 is 11.2 Å². The minimum Gasteiger partial charge on any atom is -0.338 e. The van der Waals surface area contributed by atoms with Crippen molar-refractivity contribution in [1.82, 2.24) is 24.3 Å². The van der Waals surface area contributed by atoms with Crippen LogP contribution in [0, 0.1) is 11.3 Å². The second-order valence-corrected chi connectivity index (χ2v) is 12.3. The van der Waals surface area contributed by atoms with Crippen LogP contribution in [0.5, 0.6) is 0 Å². The molecule has 3 fully saturated rings. The summed E-state index contributed by atoms with van der Waals surface area (Å²) < 4.78 is 1.46. The van der Waals surface area contributed by atoms with Crippen molar-refractivity contribution < 1.29 is 9.59 Å². The highest BCUT2D eigenvalue weighted by Gasteiger charge is 2.48. The van der Waals surface area contributed by atoms with E-state index in [2.05, 4.69) is 34.3 Å². The lowest BCUT2D eigenvalue weighted by Crippen LogP contribution is -2.58. The molecule has 1 aromatic carbocycles. The molecular formula is C28H40N8O3. The average molecular weight is 537 g/mol. The molecule has 1 aliphatic carbocycles. The van der Waals surface area contributed by atoms with Crippen molar-refractivity contribution in [3.05, 3.63) is 52.6 Å². The number of carbonyl (C=O) groups is 2. The molecule has 3 unspecified atom stereocenters. The number of piperazine rings is 1. The highest BCUT2D eigenvalue weighted by Crippen LogP contribution is 2.48. The second-order valence-electron chi connectivity index (χ2n) is 12.3. The van der Waals surface area contributed by atoms with Gasteiger partial charge < -0.3 is 21.3 Å². The van der Waals surface area contributed by atoms with Gasteiger partial charge in [-0.15, -0.1) is 0 Å². The van der Waals surface area contributed by atoms with E-state index in [1.54, 1.807) is 35.9 Å². The molecule has 11 nitrogen and oxygen atoms in total. The first-order chi connectivity index (χ1) is 18.4. The minimum atomic E-state index is -0.945. The summed E-state index contributed by atoms with van der Waals surface area (Å²) in [4.78, 5) is 47.7. The number of nitrogens with zero attached hydrogens (tertiary/aromatic N) is 5. The number of hydrogen-bond acceptors (Lipinski definition) is 7. The highest BCUT2D eigenvalue weighted by atomic mass is 16.2. The second kappa shape index (κ2) is 10.4. The number of fused-ring (bicyclic) bond motifs is 1. The van der Waals surface area contributed by atoms with Crippen LogP contribution in [0.4, 0.5) is 10.6 Å². The third kappa shape index (κ3) is 5.85. The number of anilines is 1. The third-order valence-corrected chi connectivity index (χ3v) is 8.43. The number of benzene rings is 1. The highest BCUT2D eigenvalue weighted by molar-refractivity contribution is 5.89. The Kier molecular flexibility index (Phi) is 7.25. The Morgan fingerprint density at radius 1 is 1.10 bits per heavy atom. The van der Waals surface area contributed by atoms with Crippen molar-refractivity contribution in [2.24, 2.45) is 22.8 Å². The molecular weight excluding hydrogens is 496 g/mol. The van der Waals surface area contributed by atoms with E-state index in [-0.39, 0.29) is 17.8 Å². The summed E-state index contributed by atoms with van der Waals surface area (Å²) in [6, 6.07) is 9.54. The van der Waals surface area contributed by atoms with E-state index in [1.165, 1.54) is 10.1 Å². The van der Waals surface area contributed by atoms with Gasteiger partial charge in [0.1, 0.15) is 5.82 Å². The molecule has 3 atom stereocenters.